The molecule has 0 aliphatic heterocycles. The Morgan fingerprint density at radius 1 is 1.56 bits per heavy atom. The Labute approximate surface area is 106 Å². The summed E-state index contributed by atoms with van der Waals surface area (Å²) in [7, 11) is 0. The van der Waals surface area contributed by atoms with Crippen molar-refractivity contribution in [3.63, 3.8) is 0 Å². The molecule has 1 aromatic rings. The average Bonchev–Trinajstić information content (AvgIpc) is 2.65. The molecule has 0 fully saturated rings. The van der Waals surface area contributed by atoms with Crippen LogP contribution in [0.2, 0.25) is 0 Å². The minimum Gasteiger partial charge on any atom is -0.465 e. The van der Waals surface area contributed by atoms with E-state index in [1.165, 1.54) is 11.3 Å². The van der Waals surface area contributed by atoms with Crippen LogP contribution in [-0.2, 0) is 9.53 Å². The zero-order valence-corrected chi connectivity index (χ0v) is 11.1. The van der Waals surface area contributed by atoms with Crippen molar-refractivity contribution in [1.82, 2.24) is 0 Å². The highest BCUT2D eigenvalue weighted by Gasteiger charge is 2.20. The Balaban J connectivity index is 2.54. The molecule has 4 nitrogen and oxygen atoms in total. The zero-order chi connectivity index (χ0) is 12.1. The SMILES string of the molecule is CCOC(=O)C(N)CC(=O)c1ccc(Br)s1. The van der Waals surface area contributed by atoms with Gasteiger partial charge in [-0.2, -0.15) is 0 Å². The average molecular weight is 306 g/mol. The van der Waals surface area contributed by atoms with Crippen LogP contribution in [0, 0.1) is 0 Å². The van der Waals surface area contributed by atoms with Gasteiger partial charge in [-0.05, 0) is 35.0 Å². The highest BCUT2D eigenvalue weighted by atomic mass is 79.9. The molecule has 1 rings (SSSR count). The monoisotopic (exact) mass is 305 g/mol. The summed E-state index contributed by atoms with van der Waals surface area (Å²) in [4.78, 5) is 23.5. The highest BCUT2D eigenvalue weighted by Crippen LogP contribution is 2.23. The van der Waals surface area contributed by atoms with Crippen molar-refractivity contribution in [2.24, 2.45) is 5.73 Å². The number of thiophene rings is 1. The van der Waals surface area contributed by atoms with Crippen molar-refractivity contribution in [1.29, 1.82) is 0 Å². The molecule has 0 aromatic carbocycles. The van der Waals surface area contributed by atoms with E-state index in [1.54, 1.807) is 19.1 Å². The fourth-order valence-corrected chi connectivity index (χ4v) is 2.43. The summed E-state index contributed by atoms with van der Waals surface area (Å²) in [6, 6.07) is 2.61. The van der Waals surface area contributed by atoms with Gasteiger partial charge in [0.05, 0.1) is 15.3 Å². The number of ether oxygens (including phenoxy) is 1. The first-order chi connectivity index (χ1) is 7.54. The third kappa shape index (κ3) is 3.70. The van der Waals surface area contributed by atoms with E-state index < -0.39 is 12.0 Å². The topological polar surface area (TPSA) is 69.4 Å². The first-order valence-corrected chi connectivity index (χ1v) is 6.36. The third-order valence-electron chi connectivity index (χ3n) is 1.84. The molecule has 2 N–H and O–H groups in total. The molecule has 1 heterocycles. The van der Waals surface area contributed by atoms with Crippen molar-refractivity contribution in [2.75, 3.05) is 6.61 Å². The quantitative estimate of drug-likeness (QED) is 0.667. The Morgan fingerprint density at radius 3 is 2.75 bits per heavy atom. The van der Waals surface area contributed by atoms with Crippen molar-refractivity contribution in [3.8, 4) is 0 Å². The standard InChI is InChI=1S/C10H12BrNO3S/c1-2-15-10(14)6(12)5-7(13)8-3-4-9(11)16-8/h3-4,6H,2,5,12H2,1H3. The summed E-state index contributed by atoms with van der Waals surface area (Å²) in [5.74, 6) is -0.678. The first-order valence-electron chi connectivity index (χ1n) is 4.75. The minimum atomic E-state index is -0.881. The van der Waals surface area contributed by atoms with E-state index in [9.17, 15) is 9.59 Å². The molecule has 0 saturated heterocycles. The molecule has 0 saturated carbocycles. The molecule has 0 aliphatic rings. The van der Waals surface area contributed by atoms with Crippen molar-refractivity contribution in [2.45, 2.75) is 19.4 Å². The second-order valence-corrected chi connectivity index (χ2v) is 5.55. The summed E-state index contributed by atoms with van der Waals surface area (Å²) in [6.45, 7) is 1.97. The van der Waals surface area contributed by atoms with Crippen molar-refractivity contribution in [3.05, 3.63) is 20.8 Å². The maximum Gasteiger partial charge on any atom is 0.323 e. The summed E-state index contributed by atoms with van der Waals surface area (Å²) < 4.78 is 5.60. The number of halogens is 1. The Kier molecular flexibility index (Phi) is 5.11. The maximum atomic E-state index is 11.7. The fraction of sp³-hybridized carbons (Fsp3) is 0.400. The van der Waals surface area contributed by atoms with Crippen LogP contribution >= 0.6 is 27.3 Å². The number of hydrogen-bond acceptors (Lipinski definition) is 5. The molecule has 1 aromatic heterocycles. The molecule has 1 unspecified atom stereocenters. The van der Waals surface area contributed by atoms with E-state index in [-0.39, 0.29) is 18.8 Å². The lowest BCUT2D eigenvalue weighted by atomic mass is 10.1. The lowest BCUT2D eigenvalue weighted by Crippen LogP contribution is -2.34. The predicted octanol–water partition coefficient (Wildman–Crippen LogP) is 1.97. The maximum absolute atomic E-state index is 11.7. The molecule has 1 atom stereocenters. The Hall–Kier alpha value is -0.720. The van der Waals surface area contributed by atoms with Gasteiger partial charge >= 0.3 is 5.97 Å². The van der Waals surface area contributed by atoms with E-state index in [0.717, 1.165) is 3.79 Å². The van der Waals surface area contributed by atoms with Crippen molar-refractivity contribution >= 4 is 39.0 Å². The van der Waals surface area contributed by atoms with Gasteiger partial charge in [-0.1, -0.05) is 0 Å². The number of Topliss-reactive ketones (excluding diaryl/α,β-unsaturated/α-hetero) is 1. The van der Waals surface area contributed by atoms with Gasteiger partial charge in [0.25, 0.3) is 0 Å². The zero-order valence-electron chi connectivity index (χ0n) is 8.73. The summed E-state index contributed by atoms with van der Waals surface area (Å²) in [5, 5.41) is 0. The van der Waals surface area contributed by atoms with E-state index in [1.807, 2.05) is 0 Å². The van der Waals surface area contributed by atoms with Crippen LogP contribution in [-0.4, -0.2) is 24.4 Å². The second kappa shape index (κ2) is 6.12. The first kappa shape index (κ1) is 13.3. The van der Waals surface area contributed by atoms with Gasteiger partial charge in [0.15, 0.2) is 5.78 Å². The number of carbonyl (C=O) groups excluding carboxylic acids is 2. The van der Waals surface area contributed by atoms with Crippen LogP contribution < -0.4 is 5.73 Å². The molecule has 0 spiro atoms. The lowest BCUT2D eigenvalue weighted by Gasteiger charge is -2.08. The van der Waals surface area contributed by atoms with Gasteiger partial charge in [0.2, 0.25) is 0 Å². The molecule has 16 heavy (non-hydrogen) atoms. The van der Waals surface area contributed by atoms with Crippen molar-refractivity contribution < 1.29 is 14.3 Å². The number of hydrogen-bond donors (Lipinski definition) is 1. The molecular formula is C10H12BrNO3S. The molecule has 0 radical (unpaired) electrons. The van der Waals surface area contributed by atoms with Gasteiger partial charge in [0, 0.05) is 6.42 Å². The second-order valence-electron chi connectivity index (χ2n) is 3.09. The van der Waals surface area contributed by atoms with Crippen LogP contribution in [0.1, 0.15) is 23.0 Å². The van der Waals surface area contributed by atoms with E-state index >= 15 is 0 Å². The molecule has 0 bridgehead atoms. The van der Waals surface area contributed by atoms with Crippen LogP contribution in [0.5, 0.6) is 0 Å². The number of esters is 1. The van der Waals surface area contributed by atoms with Gasteiger partial charge in [-0.3, -0.25) is 9.59 Å². The van der Waals surface area contributed by atoms with Gasteiger partial charge in [0.1, 0.15) is 6.04 Å². The number of carbonyl (C=O) groups is 2. The lowest BCUT2D eigenvalue weighted by molar-refractivity contribution is -0.144. The highest BCUT2D eigenvalue weighted by molar-refractivity contribution is 9.11. The van der Waals surface area contributed by atoms with Crippen LogP contribution in [0.15, 0.2) is 15.9 Å². The Bertz CT molecular complexity index is 391. The van der Waals surface area contributed by atoms with E-state index in [4.69, 9.17) is 10.5 Å². The molecule has 0 amide bonds. The minimum absolute atomic E-state index is 0.0220. The van der Waals surface area contributed by atoms with E-state index in [0.29, 0.717) is 4.88 Å². The summed E-state index contributed by atoms with van der Waals surface area (Å²) >= 11 is 4.59. The summed E-state index contributed by atoms with van der Waals surface area (Å²) in [6.07, 6.45) is -0.0220. The number of ketones is 1. The normalized spacial score (nSPS) is 12.2. The Morgan fingerprint density at radius 2 is 2.25 bits per heavy atom. The largest absolute Gasteiger partial charge is 0.465 e. The third-order valence-corrected chi connectivity index (χ3v) is 3.51. The van der Waals surface area contributed by atoms with Gasteiger partial charge in [-0.25, -0.2) is 0 Å². The van der Waals surface area contributed by atoms with Gasteiger partial charge in [-0.15, -0.1) is 11.3 Å². The molecule has 88 valence electrons. The number of rotatable bonds is 5. The molecular weight excluding hydrogens is 294 g/mol. The molecule has 6 heteroatoms. The smallest absolute Gasteiger partial charge is 0.323 e. The van der Waals surface area contributed by atoms with Crippen LogP contribution in [0.25, 0.3) is 0 Å². The van der Waals surface area contributed by atoms with Crippen LogP contribution in [0.4, 0.5) is 0 Å². The van der Waals surface area contributed by atoms with E-state index in [2.05, 4.69) is 15.9 Å². The fourth-order valence-electron chi connectivity index (χ4n) is 1.10. The number of nitrogens with two attached hydrogens (primary N) is 1. The van der Waals surface area contributed by atoms with Crippen LogP contribution in [0.3, 0.4) is 0 Å². The molecule has 0 aliphatic carbocycles. The summed E-state index contributed by atoms with van der Waals surface area (Å²) in [5.41, 5.74) is 5.55. The van der Waals surface area contributed by atoms with Gasteiger partial charge < -0.3 is 10.5 Å². The predicted molar refractivity (Wildman–Crippen MR) is 65.6 cm³/mol.